The summed E-state index contributed by atoms with van der Waals surface area (Å²) < 4.78 is 30.5. The molecule has 0 aliphatic heterocycles. The Labute approximate surface area is 200 Å². The lowest BCUT2D eigenvalue weighted by molar-refractivity contribution is -0.129. The molecule has 0 saturated heterocycles. The van der Waals surface area contributed by atoms with Gasteiger partial charge in [0.25, 0.3) is 10.1 Å². The molecule has 0 heterocycles. The second-order valence-electron chi connectivity index (χ2n) is 12.5. The number of carbonyl (C=O) groups excluding carboxylic acids is 1. The fourth-order valence-corrected chi connectivity index (χ4v) is 9.54. The van der Waals surface area contributed by atoms with E-state index in [1.54, 1.807) is 0 Å². The molecule has 190 valence electrons. The molecular formula is C26H45NO5S. The van der Waals surface area contributed by atoms with Crippen LogP contribution < -0.4 is 5.32 Å². The summed E-state index contributed by atoms with van der Waals surface area (Å²) in [7, 11) is -4.04. The van der Waals surface area contributed by atoms with Gasteiger partial charge in [-0.05, 0) is 111 Å². The summed E-state index contributed by atoms with van der Waals surface area (Å²) in [5.74, 6) is 3.68. The van der Waals surface area contributed by atoms with Gasteiger partial charge in [0.05, 0.1) is 11.9 Å². The molecule has 4 aliphatic rings. The number of fused-ring (bicyclic) bond motifs is 5. The van der Waals surface area contributed by atoms with Crippen LogP contribution in [-0.2, 0) is 14.9 Å². The minimum atomic E-state index is -4.04. The number of hydrogen-bond donors (Lipinski definition) is 3. The predicted molar refractivity (Wildman–Crippen MR) is 129 cm³/mol. The van der Waals surface area contributed by atoms with Crippen LogP contribution in [0.2, 0.25) is 0 Å². The van der Waals surface area contributed by atoms with E-state index in [2.05, 4.69) is 26.1 Å². The number of hydrogen-bond acceptors (Lipinski definition) is 4. The summed E-state index contributed by atoms with van der Waals surface area (Å²) in [6.07, 6.45) is 12.1. The minimum Gasteiger partial charge on any atom is -0.393 e. The average Bonchev–Trinajstić information content (AvgIpc) is 3.09. The molecule has 33 heavy (non-hydrogen) atoms. The molecule has 6 nitrogen and oxygen atoms in total. The minimum absolute atomic E-state index is 0.0326. The van der Waals surface area contributed by atoms with Crippen molar-refractivity contribution in [2.45, 2.75) is 97.5 Å². The molecule has 0 aromatic heterocycles. The van der Waals surface area contributed by atoms with Crippen LogP contribution in [0.3, 0.4) is 0 Å². The zero-order chi connectivity index (χ0) is 24.0. The number of aliphatic hydroxyl groups excluding tert-OH is 1. The number of carbonyl (C=O) groups is 1. The standard InChI is InChI=1S/C26H45NO5S/c1-17(4-9-24(29)27-14-15-33(30,31)32)21-7-8-22-20-6-5-18-16-19(28)10-12-25(18,2)23(20)11-13-26(21,22)3/h17-23,28H,4-16H2,1-3H3,(H,27,29)(H,30,31,32)/t17?,18?,19-,20?,21?,22?,23?,25?,26?/m1/s1. The molecular weight excluding hydrogens is 438 g/mol. The third-order valence-electron chi connectivity index (χ3n) is 10.9. The van der Waals surface area contributed by atoms with Crippen LogP contribution in [0.4, 0.5) is 0 Å². The average molecular weight is 484 g/mol. The summed E-state index contributed by atoms with van der Waals surface area (Å²) >= 11 is 0. The molecule has 0 radical (unpaired) electrons. The number of rotatable bonds is 7. The van der Waals surface area contributed by atoms with Crippen LogP contribution in [-0.4, -0.2) is 42.4 Å². The van der Waals surface area contributed by atoms with Crippen LogP contribution in [0.25, 0.3) is 0 Å². The molecule has 1 amide bonds. The van der Waals surface area contributed by atoms with Crippen molar-refractivity contribution in [2.75, 3.05) is 12.3 Å². The van der Waals surface area contributed by atoms with Crippen molar-refractivity contribution in [2.24, 2.45) is 46.3 Å². The molecule has 4 rings (SSSR count). The Kier molecular flexibility index (Phi) is 7.26. The van der Waals surface area contributed by atoms with Crippen molar-refractivity contribution < 1.29 is 22.9 Å². The Hall–Kier alpha value is -0.660. The number of amides is 1. The van der Waals surface area contributed by atoms with E-state index in [1.165, 1.54) is 44.9 Å². The van der Waals surface area contributed by atoms with Gasteiger partial charge in [0.2, 0.25) is 5.91 Å². The maximum Gasteiger partial charge on any atom is 0.266 e. The molecule has 0 spiro atoms. The highest BCUT2D eigenvalue weighted by molar-refractivity contribution is 7.85. The smallest absolute Gasteiger partial charge is 0.266 e. The van der Waals surface area contributed by atoms with E-state index in [4.69, 9.17) is 4.55 Å². The highest BCUT2D eigenvalue weighted by Crippen LogP contribution is 2.68. The first-order chi connectivity index (χ1) is 15.4. The van der Waals surface area contributed by atoms with Crippen molar-refractivity contribution in [3.8, 4) is 0 Å². The molecule has 0 aromatic rings. The van der Waals surface area contributed by atoms with E-state index in [1.807, 2.05) is 0 Å². The van der Waals surface area contributed by atoms with Crippen molar-refractivity contribution in [1.82, 2.24) is 5.32 Å². The van der Waals surface area contributed by atoms with Gasteiger partial charge in [-0.25, -0.2) is 0 Å². The molecule has 4 aliphatic carbocycles. The van der Waals surface area contributed by atoms with Gasteiger partial charge in [0.15, 0.2) is 0 Å². The highest BCUT2D eigenvalue weighted by Gasteiger charge is 2.60. The maximum atomic E-state index is 12.2. The van der Waals surface area contributed by atoms with E-state index in [9.17, 15) is 18.3 Å². The lowest BCUT2D eigenvalue weighted by Crippen LogP contribution is -2.54. The van der Waals surface area contributed by atoms with Gasteiger partial charge >= 0.3 is 0 Å². The quantitative estimate of drug-likeness (QED) is 0.465. The molecule has 0 bridgehead atoms. The predicted octanol–water partition coefficient (Wildman–Crippen LogP) is 4.43. The zero-order valence-electron chi connectivity index (χ0n) is 20.8. The Morgan fingerprint density at radius 3 is 2.45 bits per heavy atom. The Bertz CT molecular complexity index is 831. The Morgan fingerprint density at radius 2 is 1.73 bits per heavy atom. The van der Waals surface area contributed by atoms with Crippen LogP contribution in [0.1, 0.15) is 91.4 Å². The Morgan fingerprint density at radius 1 is 1.03 bits per heavy atom. The largest absolute Gasteiger partial charge is 0.393 e. The van der Waals surface area contributed by atoms with Gasteiger partial charge in [0.1, 0.15) is 0 Å². The molecule has 0 aromatic carbocycles. The number of nitrogens with one attached hydrogen (secondary N) is 1. The third kappa shape index (κ3) is 5.02. The summed E-state index contributed by atoms with van der Waals surface area (Å²) in [5.41, 5.74) is 0.771. The van der Waals surface area contributed by atoms with Crippen molar-refractivity contribution in [3.05, 3.63) is 0 Å². The number of aliphatic hydroxyl groups is 1. The fraction of sp³-hybridized carbons (Fsp3) is 0.962. The van der Waals surface area contributed by atoms with Crippen molar-refractivity contribution in [1.29, 1.82) is 0 Å². The molecule has 9 atom stereocenters. The first-order valence-electron chi connectivity index (χ1n) is 13.3. The first kappa shape index (κ1) is 25.4. The van der Waals surface area contributed by atoms with Gasteiger partial charge in [0, 0.05) is 13.0 Å². The molecule has 7 heteroatoms. The van der Waals surface area contributed by atoms with Gasteiger partial charge in [-0.2, -0.15) is 8.42 Å². The first-order valence-corrected chi connectivity index (χ1v) is 14.9. The summed E-state index contributed by atoms with van der Waals surface area (Å²) in [6, 6.07) is 0. The SMILES string of the molecule is CC(CCC(=O)NCCS(=O)(=O)O)C1CCC2C3CCC4C[C@H](O)CCC4(C)C3CCC12C. The van der Waals surface area contributed by atoms with E-state index < -0.39 is 15.9 Å². The van der Waals surface area contributed by atoms with Gasteiger partial charge in [-0.15, -0.1) is 0 Å². The second kappa shape index (κ2) is 9.42. The van der Waals surface area contributed by atoms with E-state index in [-0.39, 0.29) is 18.6 Å². The van der Waals surface area contributed by atoms with Crippen LogP contribution >= 0.6 is 0 Å². The van der Waals surface area contributed by atoms with Gasteiger partial charge < -0.3 is 10.4 Å². The highest BCUT2D eigenvalue weighted by atomic mass is 32.2. The molecule has 4 saturated carbocycles. The van der Waals surface area contributed by atoms with E-state index in [0.29, 0.717) is 35.0 Å². The van der Waals surface area contributed by atoms with Crippen LogP contribution in [0, 0.1) is 46.3 Å². The van der Waals surface area contributed by atoms with E-state index in [0.717, 1.165) is 37.0 Å². The second-order valence-corrected chi connectivity index (χ2v) is 14.0. The van der Waals surface area contributed by atoms with E-state index >= 15 is 0 Å². The maximum absolute atomic E-state index is 12.2. The van der Waals surface area contributed by atoms with Gasteiger partial charge in [-0.3, -0.25) is 9.35 Å². The summed E-state index contributed by atoms with van der Waals surface area (Å²) in [4.78, 5) is 12.2. The monoisotopic (exact) mass is 483 g/mol. The van der Waals surface area contributed by atoms with Crippen LogP contribution in [0.15, 0.2) is 0 Å². The van der Waals surface area contributed by atoms with Crippen molar-refractivity contribution >= 4 is 16.0 Å². The van der Waals surface area contributed by atoms with Crippen molar-refractivity contribution in [3.63, 3.8) is 0 Å². The van der Waals surface area contributed by atoms with Crippen LogP contribution in [0.5, 0.6) is 0 Å². The third-order valence-corrected chi connectivity index (χ3v) is 11.6. The molecule has 8 unspecified atom stereocenters. The zero-order valence-corrected chi connectivity index (χ0v) is 21.6. The fourth-order valence-electron chi connectivity index (χ4n) is 9.18. The lowest BCUT2D eigenvalue weighted by Gasteiger charge is -2.61. The summed E-state index contributed by atoms with van der Waals surface area (Å²) in [6.45, 7) is 7.34. The molecule has 3 N–H and O–H groups in total. The van der Waals surface area contributed by atoms with Gasteiger partial charge in [-0.1, -0.05) is 20.8 Å². The Balaban J connectivity index is 1.35. The topological polar surface area (TPSA) is 104 Å². The molecule has 4 fully saturated rings. The normalized spacial score (nSPS) is 43.8. The summed E-state index contributed by atoms with van der Waals surface area (Å²) in [5, 5.41) is 12.9. The lowest BCUT2D eigenvalue weighted by atomic mass is 9.44.